The Balaban J connectivity index is 1.43. The zero-order valence-electron chi connectivity index (χ0n) is 18.6. The van der Waals surface area contributed by atoms with Gasteiger partial charge in [0.25, 0.3) is 0 Å². The van der Waals surface area contributed by atoms with E-state index in [4.69, 9.17) is 9.97 Å². The number of imidazole rings is 1. The fraction of sp³-hybridized carbons (Fsp3) is 0.0800. The minimum atomic E-state index is -0.0751. The molecule has 0 spiro atoms. The number of amides is 1. The van der Waals surface area contributed by atoms with E-state index in [-0.39, 0.29) is 5.91 Å². The lowest BCUT2D eigenvalue weighted by atomic mass is 10.1. The van der Waals surface area contributed by atoms with Crippen LogP contribution in [-0.4, -0.2) is 46.0 Å². The van der Waals surface area contributed by atoms with Gasteiger partial charge in [0.15, 0.2) is 11.5 Å². The zero-order chi connectivity index (χ0) is 23.8. The number of hydrogen-bond donors (Lipinski definition) is 3. The lowest BCUT2D eigenvalue weighted by Crippen LogP contribution is -2.09. The normalized spacial score (nSPS) is 11.2. The number of carbonyl (C=O) groups excluding carboxylic acids is 1. The van der Waals surface area contributed by atoms with E-state index in [1.165, 1.54) is 0 Å². The van der Waals surface area contributed by atoms with E-state index < -0.39 is 0 Å². The van der Waals surface area contributed by atoms with Gasteiger partial charge < -0.3 is 10.3 Å². The summed E-state index contributed by atoms with van der Waals surface area (Å²) in [6, 6.07) is 11.4. The summed E-state index contributed by atoms with van der Waals surface area (Å²) in [7, 11) is 0. The van der Waals surface area contributed by atoms with Gasteiger partial charge in [0, 0.05) is 36.1 Å². The highest BCUT2D eigenvalue weighted by Gasteiger charge is 2.17. The molecule has 10 nitrogen and oxygen atoms in total. The van der Waals surface area contributed by atoms with Crippen molar-refractivity contribution in [3.63, 3.8) is 0 Å². The van der Waals surface area contributed by atoms with Crippen molar-refractivity contribution in [2.45, 2.75) is 13.3 Å². The van der Waals surface area contributed by atoms with Gasteiger partial charge in [0.05, 0.1) is 40.5 Å². The highest BCUT2D eigenvalue weighted by Crippen LogP contribution is 2.30. The van der Waals surface area contributed by atoms with Gasteiger partial charge in [-0.3, -0.25) is 24.8 Å². The number of hydrogen-bond acceptors (Lipinski definition) is 7. The molecule has 0 aromatic carbocycles. The summed E-state index contributed by atoms with van der Waals surface area (Å²) in [5, 5.41) is 10.3. The second kappa shape index (κ2) is 8.41. The van der Waals surface area contributed by atoms with Crippen molar-refractivity contribution >= 4 is 33.7 Å². The van der Waals surface area contributed by atoms with Crippen molar-refractivity contribution in [2.24, 2.45) is 0 Å². The first-order valence-electron chi connectivity index (χ1n) is 11.1. The van der Waals surface area contributed by atoms with Crippen LogP contribution in [0, 0.1) is 0 Å². The van der Waals surface area contributed by atoms with E-state index in [1.807, 2.05) is 36.4 Å². The molecule has 6 rings (SSSR count). The molecule has 0 aliphatic heterocycles. The van der Waals surface area contributed by atoms with Crippen LogP contribution in [0.25, 0.3) is 56.1 Å². The fourth-order valence-electron chi connectivity index (χ4n) is 3.88. The molecular weight excluding hydrogens is 442 g/mol. The van der Waals surface area contributed by atoms with Gasteiger partial charge in [-0.25, -0.2) is 9.97 Å². The lowest BCUT2D eigenvalue weighted by molar-refractivity contribution is -0.115. The smallest absolute Gasteiger partial charge is 0.224 e. The Bertz CT molecular complexity index is 1690. The average molecular weight is 461 g/mol. The summed E-state index contributed by atoms with van der Waals surface area (Å²) in [5.74, 6) is 0.497. The first kappa shape index (κ1) is 20.6. The molecule has 6 aromatic heterocycles. The van der Waals surface area contributed by atoms with E-state index in [9.17, 15) is 4.79 Å². The molecule has 35 heavy (non-hydrogen) atoms. The molecule has 170 valence electrons. The number of pyridine rings is 4. The topological polar surface area (TPSA) is 138 Å². The van der Waals surface area contributed by atoms with Gasteiger partial charge in [-0.2, -0.15) is 5.10 Å². The third-order valence-corrected chi connectivity index (χ3v) is 5.61. The number of nitrogens with one attached hydrogen (secondary N) is 3. The van der Waals surface area contributed by atoms with Crippen LogP contribution in [-0.2, 0) is 4.79 Å². The molecule has 1 amide bonds. The Morgan fingerprint density at radius 2 is 1.86 bits per heavy atom. The molecule has 0 bridgehead atoms. The molecule has 0 aliphatic rings. The van der Waals surface area contributed by atoms with E-state index in [2.05, 4.69) is 35.5 Å². The fourth-order valence-corrected chi connectivity index (χ4v) is 3.88. The molecule has 0 unspecified atom stereocenters. The van der Waals surface area contributed by atoms with Crippen LogP contribution in [0.5, 0.6) is 0 Å². The Labute approximate surface area is 198 Å². The third kappa shape index (κ3) is 3.76. The molecule has 0 atom stereocenters. The summed E-state index contributed by atoms with van der Waals surface area (Å²) in [6.07, 6.45) is 8.94. The minimum absolute atomic E-state index is 0.0751. The molecule has 6 heterocycles. The number of aromatic amines is 2. The molecule has 6 aromatic rings. The van der Waals surface area contributed by atoms with Crippen LogP contribution in [0.3, 0.4) is 0 Å². The first-order chi connectivity index (χ1) is 17.2. The summed E-state index contributed by atoms with van der Waals surface area (Å²) >= 11 is 0. The van der Waals surface area contributed by atoms with Crippen LogP contribution in [0.15, 0.2) is 67.4 Å². The van der Waals surface area contributed by atoms with Crippen molar-refractivity contribution in [3.05, 3.63) is 67.4 Å². The minimum Gasteiger partial charge on any atom is -0.335 e. The summed E-state index contributed by atoms with van der Waals surface area (Å²) < 4.78 is 0. The van der Waals surface area contributed by atoms with E-state index in [0.717, 1.165) is 33.4 Å². The Kier molecular flexibility index (Phi) is 4.95. The molecule has 0 aliphatic carbocycles. The zero-order valence-corrected chi connectivity index (χ0v) is 18.6. The molecular formula is C25H19N9O. The molecule has 0 saturated heterocycles. The lowest BCUT2D eigenvalue weighted by Gasteiger charge is -2.06. The molecule has 0 radical (unpaired) electrons. The summed E-state index contributed by atoms with van der Waals surface area (Å²) in [5.41, 5.74) is 7.28. The number of nitrogens with zero attached hydrogens (tertiary/aromatic N) is 6. The number of rotatable bonds is 5. The molecule has 3 N–H and O–H groups in total. The maximum Gasteiger partial charge on any atom is 0.224 e. The highest BCUT2D eigenvalue weighted by molar-refractivity contribution is 5.95. The van der Waals surface area contributed by atoms with Gasteiger partial charge in [-0.05, 0) is 30.3 Å². The number of H-pyrrole nitrogens is 2. The molecule has 0 fully saturated rings. The van der Waals surface area contributed by atoms with Crippen LogP contribution >= 0.6 is 0 Å². The highest BCUT2D eigenvalue weighted by atomic mass is 16.1. The third-order valence-electron chi connectivity index (χ3n) is 5.61. The number of fused-ring (bicyclic) bond motifs is 2. The van der Waals surface area contributed by atoms with Crippen molar-refractivity contribution < 1.29 is 4.79 Å². The van der Waals surface area contributed by atoms with E-state index in [0.29, 0.717) is 34.8 Å². The molecule has 0 saturated carbocycles. The summed E-state index contributed by atoms with van der Waals surface area (Å²) in [4.78, 5) is 37.8. The van der Waals surface area contributed by atoms with Crippen LogP contribution in [0.1, 0.15) is 13.3 Å². The van der Waals surface area contributed by atoms with Crippen molar-refractivity contribution in [3.8, 4) is 34.0 Å². The van der Waals surface area contributed by atoms with Gasteiger partial charge in [0.1, 0.15) is 11.0 Å². The number of aromatic nitrogens is 8. The summed E-state index contributed by atoms with van der Waals surface area (Å²) in [6.45, 7) is 1.80. The second-order valence-corrected chi connectivity index (χ2v) is 7.91. The van der Waals surface area contributed by atoms with Crippen molar-refractivity contribution in [1.29, 1.82) is 0 Å². The van der Waals surface area contributed by atoms with Gasteiger partial charge in [-0.1, -0.05) is 13.0 Å². The van der Waals surface area contributed by atoms with E-state index in [1.54, 1.807) is 37.9 Å². The monoisotopic (exact) mass is 461 g/mol. The van der Waals surface area contributed by atoms with Gasteiger partial charge >= 0.3 is 0 Å². The SMILES string of the molecule is CCC(=O)Nc1cncc(-c2ccc3[nH]nc(-c4nc5c(-c6ccccn6)cncc5[nH]4)c3n2)c1. The van der Waals surface area contributed by atoms with Crippen LogP contribution < -0.4 is 5.32 Å². The van der Waals surface area contributed by atoms with Crippen molar-refractivity contribution in [1.82, 2.24) is 40.1 Å². The second-order valence-electron chi connectivity index (χ2n) is 7.91. The average Bonchev–Trinajstić information content (AvgIpc) is 3.53. The largest absolute Gasteiger partial charge is 0.335 e. The van der Waals surface area contributed by atoms with E-state index >= 15 is 0 Å². The van der Waals surface area contributed by atoms with Crippen LogP contribution in [0.4, 0.5) is 5.69 Å². The van der Waals surface area contributed by atoms with Crippen LogP contribution in [0.2, 0.25) is 0 Å². The first-order valence-corrected chi connectivity index (χ1v) is 11.1. The van der Waals surface area contributed by atoms with Gasteiger partial charge in [0.2, 0.25) is 5.91 Å². The van der Waals surface area contributed by atoms with Gasteiger partial charge in [-0.15, -0.1) is 0 Å². The Morgan fingerprint density at radius 3 is 2.71 bits per heavy atom. The number of carbonyl (C=O) groups is 1. The Morgan fingerprint density at radius 1 is 0.943 bits per heavy atom. The standard InChI is InChI=1S/C25H19N9O/c1-2-21(35)29-15-9-14(10-26-11-15)17-6-7-19-23(30-17)24(34-33-19)25-31-20-13-27-12-16(22(20)32-25)18-5-3-4-8-28-18/h3-13H,2H2,1H3,(H,29,35)(H,31,32)(H,33,34). The van der Waals surface area contributed by atoms with Crippen molar-refractivity contribution in [2.75, 3.05) is 5.32 Å². The Hall–Kier alpha value is -4.99. The maximum atomic E-state index is 11.8. The predicted octanol–water partition coefficient (Wildman–Crippen LogP) is 4.37. The predicted molar refractivity (Wildman–Crippen MR) is 132 cm³/mol. The number of anilines is 1. The quantitative estimate of drug-likeness (QED) is 0.346. The maximum absolute atomic E-state index is 11.8. The molecule has 10 heteroatoms.